The fourth-order valence-corrected chi connectivity index (χ4v) is 3.29. The lowest BCUT2D eigenvalue weighted by atomic mass is 10.2. The van der Waals surface area contributed by atoms with Gasteiger partial charge in [0, 0.05) is 31.8 Å². The van der Waals surface area contributed by atoms with E-state index in [0.717, 1.165) is 17.6 Å². The highest BCUT2D eigenvalue weighted by Gasteiger charge is 2.12. The lowest BCUT2D eigenvalue weighted by molar-refractivity contribution is -0.130. The summed E-state index contributed by atoms with van der Waals surface area (Å²) in [5, 5.41) is 0. The molecule has 0 bridgehead atoms. The molecule has 6 nitrogen and oxygen atoms in total. The largest absolute Gasteiger partial charge is 0.494 e. The van der Waals surface area contributed by atoms with Gasteiger partial charge in [0.1, 0.15) is 11.5 Å². The van der Waals surface area contributed by atoms with Gasteiger partial charge in [-0.25, -0.2) is 8.42 Å². The molecule has 0 spiro atoms. The van der Waals surface area contributed by atoms with Gasteiger partial charge >= 0.3 is 0 Å². The van der Waals surface area contributed by atoms with Crippen molar-refractivity contribution in [2.75, 3.05) is 26.5 Å². The second kappa shape index (κ2) is 10.1. The Balaban J connectivity index is 1.78. The molecule has 0 fully saturated rings. The Kier molecular flexibility index (Phi) is 7.87. The molecule has 0 atom stereocenters. The van der Waals surface area contributed by atoms with E-state index in [1.54, 1.807) is 24.1 Å². The van der Waals surface area contributed by atoms with Crippen LogP contribution in [-0.2, 0) is 21.2 Å². The van der Waals surface area contributed by atoms with Crippen molar-refractivity contribution in [2.24, 2.45) is 0 Å². The summed E-state index contributed by atoms with van der Waals surface area (Å²) in [6.07, 6.45) is 2.11. The first-order chi connectivity index (χ1) is 13.3. The normalized spacial score (nSPS) is 11.1. The Labute approximate surface area is 167 Å². The van der Waals surface area contributed by atoms with E-state index < -0.39 is 9.84 Å². The Hall–Kier alpha value is -2.54. The highest BCUT2D eigenvalue weighted by molar-refractivity contribution is 7.90. The number of carbonyl (C=O) groups is 1. The van der Waals surface area contributed by atoms with Crippen LogP contribution in [-0.4, -0.2) is 45.7 Å². The summed E-state index contributed by atoms with van der Waals surface area (Å²) in [5.41, 5.74) is 0.974. The highest BCUT2D eigenvalue weighted by atomic mass is 32.2. The van der Waals surface area contributed by atoms with Crippen LogP contribution in [0.4, 0.5) is 0 Å². The summed E-state index contributed by atoms with van der Waals surface area (Å²) >= 11 is 0. The van der Waals surface area contributed by atoms with Gasteiger partial charge in [-0.2, -0.15) is 0 Å². The monoisotopic (exact) mass is 405 g/mol. The van der Waals surface area contributed by atoms with Gasteiger partial charge in [-0.15, -0.1) is 0 Å². The molecule has 0 aliphatic rings. The van der Waals surface area contributed by atoms with Crippen LogP contribution in [0.3, 0.4) is 0 Å². The summed E-state index contributed by atoms with van der Waals surface area (Å²) in [5.74, 6) is 1.41. The third-order valence-corrected chi connectivity index (χ3v) is 5.29. The Morgan fingerprint density at radius 3 is 2.36 bits per heavy atom. The SMILES string of the molecule is CCOc1ccccc1CN(C)C(=O)CCCOc1ccc(S(C)(=O)=O)cc1. The average Bonchev–Trinajstić information content (AvgIpc) is 2.66. The molecule has 7 heteroatoms. The van der Waals surface area contributed by atoms with Gasteiger partial charge in [-0.3, -0.25) is 4.79 Å². The maximum Gasteiger partial charge on any atom is 0.222 e. The fourth-order valence-electron chi connectivity index (χ4n) is 2.66. The molecule has 0 radical (unpaired) electrons. The van der Waals surface area contributed by atoms with Crippen LogP contribution in [0.25, 0.3) is 0 Å². The van der Waals surface area contributed by atoms with Crippen molar-refractivity contribution >= 4 is 15.7 Å². The zero-order valence-electron chi connectivity index (χ0n) is 16.6. The summed E-state index contributed by atoms with van der Waals surface area (Å²) in [4.78, 5) is 14.3. The molecule has 0 aliphatic heterocycles. The van der Waals surface area contributed by atoms with Crippen LogP contribution >= 0.6 is 0 Å². The van der Waals surface area contributed by atoms with E-state index in [-0.39, 0.29) is 10.8 Å². The van der Waals surface area contributed by atoms with E-state index in [0.29, 0.717) is 38.3 Å². The number of carbonyl (C=O) groups excluding carboxylic acids is 1. The van der Waals surface area contributed by atoms with E-state index in [1.807, 2.05) is 31.2 Å². The first kappa shape index (κ1) is 21.8. The predicted molar refractivity (Wildman–Crippen MR) is 108 cm³/mol. The van der Waals surface area contributed by atoms with Crippen molar-refractivity contribution in [1.82, 2.24) is 4.90 Å². The van der Waals surface area contributed by atoms with Crippen molar-refractivity contribution < 1.29 is 22.7 Å². The van der Waals surface area contributed by atoms with Gasteiger partial charge in [0.05, 0.1) is 18.1 Å². The van der Waals surface area contributed by atoms with Crippen molar-refractivity contribution in [3.05, 3.63) is 54.1 Å². The van der Waals surface area contributed by atoms with E-state index in [4.69, 9.17) is 9.47 Å². The number of nitrogens with zero attached hydrogens (tertiary/aromatic N) is 1. The van der Waals surface area contributed by atoms with Crippen LogP contribution < -0.4 is 9.47 Å². The topological polar surface area (TPSA) is 72.9 Å². The van der Waals surface area contributed by atoms with Crippen molar-refractivity contribution in [2.45, 2.75) is 31.2 Å². The van der Waals surface area contributed by atoms with E-state index in [2.05, 4.69) is 0 Å². The van der Waals surface area contributed by atoms with E-state index in [9.17, 15) is 13.2 Å². The van der Waals surface area contributed by atoms with Crippen molar-refractivity contribution in [1.29, 1.82) is 0 Å². The van der Waals surface area contributed by atoms with Gasteiger partial charge in [0.2, 0.25) is 5.91 Å². The third kappa shape index (κ3) is 6.56. The number of hydrogen-bond acceptors (Lipinski definition) is 5. The van der Waals surface area contributed by atoms with Crippen LogP contribution in [0.2, 0.25) is 0 Å². The average molecular weight is 406 g/mol. The second-order valence-electron chi connectivity index (χ2n) is 6.49. The molecule has 152 valence electrons. The number of amides is 1. The minimum absolute atomic E-state index is 0.0299. The lowest BCUT2D eigenvalue weighted by Gasteiger charge is -2.19. The lowest BCUT2D eigenvalue weighted by Crippen LogP contribution is -2.26. The molecule has 0 unspecified atom stereocenters. The van der Waals surface area contributed by atoms with Crippen LogP contribution in [0, 0.1) is 0 Å². The molecule has 2 aromatic rings. The Morgan fingerprint density at radius 1 is 1.04 bits per heavy atom. The zero-order chi connectivity index (χ0) is 20.6. The number of ether oxygens (including phenoxy) is 2. The standard InChI is InChI=1S/C21H27NO5S/c1-4-26-20-9-6-5-8-17(20)16-22(2)21(23)10-7-15-27-18-11-13-19(14-12-18)28(3,24)25/h5-6,8-9,11-14H,4,7,10,15-16H2,1-3H3. The molecule has 0 saturated carbocycles. The van der Waals surface area contributed by atoms with Gasteiger partial charge in [-0.05, 0) is 43.7 Å². The van der Waals surface area contributed by atoms with Crippen molar-refractivity contribution in [3.8, 4) is 11.5 Å². The Morgan fingerprint density at radius 2 is 1.71 bits per heavy atom. The molecule has 0 aliphatic carbocycles. The molecule has 0 heterocycles. The molecule has 2 aromatic carbocycles. The first-order valence-corrected chi connectivity index (χ1v) is 11.1. The maximum absolute atomic E-state index is 12.3. The summed E-state index contributed by atoms with van der Waals surface area (Å²) in [6.45, 7) is 3.38. The molecule has 0 N–H and O–H groups in total. The molecule has 0 saturated heterocycles. The highest BCUT2D eigenvalue weighted by Crippen LogP contribution is 2.20. The number of rotatable bonds is 10. The van der Waals surface area contributed by atoms with Gasteiger partial charge in [0.15, 0.2) is 9.84 Å². The summed E-state index contributed by atoms with van der Waals surface area (Å²) < 4.78 is 34.1. The van der Waals surface area contributed by atoms with Gasteiger partial charge in [0.25, 0.3) is 0 Å². The minimum Gasteiger partial charge on any atom is -0.494 e. The van der Waals surface area contributed by atoms with Gasteiger partial charge < -0.3 is 14.4 Å². The Bertz CT molecular complexity index is 878. The molecular formula is C21H27NO5S. The molecular weight excluding hydrogens is 378 g/mol. The second-order valence-corrected chi connectivity index (χ2v) is 8.50. The van der Waals surface area contributed by atoms with E-state index >= 15 is 0 Å². The van der Waals surface area contributed by atoms with Crippen molar-refractivity contribution in [3.63, 3.8) is 0 Å². The summed E-state index contributed by atoms with van der Waals surface area (Å²) in [7, 11) is -1.44. The number of sulfone groups is 1. The third-order valence-electron chi connectivity index (χ3n) is 4.16. The van der Waals surface area contributed by atoms with Gasteiger partial charge in [-0.1, -0.05) is 18.2 Å². The van der Waals surface area contributed by atoms with Crippen LogP contribution in [0.5, 0.6) is 11.5 Å². The zero-order valence-corrected chi connectivity index (χ0v) is 17.4. The number of benzene rings is 2. The number of para-hydroxylation sites is 1. The molecule has 2 rings (SSSR count). The smallest absolute Gasteiger partial charge is 0.222 e. The number of hydrogen-bond donors (Lipinski definition) is 0. The molecule has 28 heavy (non-hydrogen) atoms. The summed E-state index contributed by atoms with van der Waals surface area (Å²) in [6, 6.07) is 14.0. The quantitative estimate of drug-likeness (QED) is 0.567. The maximum atomic E-state index is 12.3. The first-order valence-electron chi connectivity index (χ1n) is 9.19. The molecule has 0 aromatic heterocycles. The molecule has 1 amide bonds. The minimum atomic E-state index is -3.21. The van der Waals surface area contributed by atoms with Crippen LogP contribution in [0.15, 0.2) is 53.4 Å². The fraction of sp³-hybridized carbons (Fsp3) is 0.381. The predicted octanol–water partition coefficient (Wildman–Crippen LogP) is 3.31. The van der Waals surface area contributed by atoms with Crippen LogP contribution in [0.1, 0.15) is 25.3 Å². The van der Waals surface area contributed by atoms with E-state index in [1.165, 1.54) is 12.1 Å².